The highest BCUT2D eigenvalue weighted by molar-refractivity contribution is 6.01. The number of nitrogens with one attached hydrogen (secondary N) is 6. The Morgan fingerprint density at radius 3 is 1.65 bits per heavy atom. The Balaban J connectivity index is 1.34. The molecular formula is C45H56FN11O17. The van der Waals surface area contributed by atoms with Gasteiger partial charge < -0.3 is 72.3 Å². The van der Waals surface area contributed by atoms with Crippen LogP contribution in [0.5, 0.6) is 0 Å². The van der Waals surface area contributed by atoms with Gasteiger partial charge in [0.25, 0.3) is 11.8 Å². The van der Waals surface area contributed by atoms with Crippen LogP contribution in [0.4, 0.5) is 24.5 Å². The first-order valence-electron chi connectivity index (χ1n) is 23.0. The summed E-state index contributed by atoms with van der Waals surface area (Å²) in [5.41, 5.74) is 1.58. The summed E-state index contributed by atoms with van der Waals surface area (Å²) in [6.07, 6.45) is 0.0288. The third-order valence-corrected chi connectivity index (χ3v) is 11.2. The van der Waals surface area contributed by atoms with Crippen LogP contribution in [0.15, 0.2) is 48.7 Å². The number of nitrogens with zero attached hydrogens (tertiary/aromatic N) is 5. The van der Waals surface area contributed by atoms with Crippen LogP contribution in [0, 0.1) is 0 Å². The number of alkyl halides is 1. The first-order chi connectivity index (χ1) is 35.1. The van der Waals surface area contributed by atoms with Crippen molar-refractivity contribution >= 4 is 71.4 Å². The molecule has 74 heavy (non-hydrogen) atoms. The van der Waals surface area contributed by atoms with Gasteiger partial charge in [0.05, 0.1) is 24.3 Å². The summed E-state index contributed by atoms with van der Waals surface area (Å²) in [7, 11) is 0. The Hall–Kier alpha value is -8.92. The summed E-state index contributed by atoms with van der Waals surface area (Å²) in [4.78, 5) is 137. The Kier molecular flexibility index (Phi) is 22.0. The predicted octanol–water partition coefficient (Wildman–Crippen LogP) is 0.743. The molecule has 29 heteroatoms. The zero-order valence-electron chi connectivity index (χ0n) is 39.5. The molecule has 400 valence electrons. The van der Waals surface area contributed by atoms with Gasteiger partial charge in [-0.3, -0.25) is 23.6 Å². The fourth-order valence-corrected chi connectivity index (χ4v) is 7.24. The molecule has 0 bridgehead atoms. The van der Waals surface area contributed by atoms with E-state index in [9.17, 15) is 77.6 Å². The number of unbranched alkanes of at least 4 members (excludes halogenated alkanes) is 1. The maximum Gasteiger partial charge on any atom is 0.326 e. The second-order valence-corrected chi connectivity index (χ2v) is 16.7. The van der Waals surface area contributed by atoms with Gasteiger partial charge in [-0.1, -0.05) is 17.3 Å². The van der Waals surface area contributed by atoms with Gasteiger partial charge in [0, 0.05) is 68.8 Å². The van der Waals surface area contributed by atoms with Gasteiger partial charge in [0.15, 0.2) is 0 Å². The number of carboxylic acids is 6. The average Bonchev–Trinajstić information content (AvgIpc) is 3.84. The number of carboxylic acid groups (broad SMARTS) is 6. The van der Waals surface area contributed by atoms with E-state index in [2.05, 4.69) is 36.9 Å². The number of aryl methyl sites for hydroxylation is 1. The Bertz CT molecular complexity index is 2540. The van der Waals surface area contributed by atoms with E-state index in [4.69, 9.17) is 10.2 Å². The molecule has 0 aliphatic carbocycles. The number of halogens is 1. The molecule has 0 saturated carbocycles. The molecule has 2 aromatic carbocycles. The van der Waals surface area contributed by atoms with E-state index >= 15 is 0 Å². The molecular weight excluding hydrogens is 986 g/mol. The van der Waals surface area contributed by atoms with Gasteiger partial charge in [-0.2, -0.15) is 0 Å². The number of piperazine rings is 1. The van der Waals surface area contributed by atoms with Gasteiger partial charge >= 0.3 is 53.9 Å². The lowest BCUT2D eigenvalue weighted by atomic mass is 10.1. The highest BCUT2D eigenvalue weighted by atomic mass is 19.1. The third-order valence-electron chi connectivity index (χ3n) is 11.2. The molecule has 28 nitrogen and oxygen atoms in total. The average molecular weight is 1040 g/mol. The lowest BCUT2D eigenvalue weighted by Crippen LogP contribution is -2.51. The second kappa shape index (κ2) is 28.2. The molecule has 0 spiro atoms. The van der Waals surface area contributed by atoms with E-state index < -0.39 is 122 Å². The summed E-state index contributed by atoms with van der Waals surface area (Å²) in [5, 5.41) is 77.5. The number of hydrogen-bond donors (Lipinski definition) is 12. The van der Waals surface area contributed by atoms with E-state index in [1.807, 2.05) is 5.32 Å². The number of amides is 8. The Morgan fingerprint density at radius 2 is 1.12 bits per heavy atom. The third kappa shape index (κ3) is 18.7. The zero-order chi connectivity index (χ0) is 54.5. The minimum atomic E-state index is -1.58. The van der Waals surface area contributed by atoms with E-state index in [-0.39, 0.29) is 88.1 Å². The molecule has 2 heterocycles. The van der Waals surface area contributed by atoms with Crippen LogP contribution in [-0.2, 0) is 41.6 Å². The number of aliphatic carboxylic acids is 6. The number of carbonyl (C=O) groups excluding carboxylic acids is 5. The summed E-state index contributed by atoms with van der Waals surface area (Å²) in [6, 6.07) is 1.37. The normalized spacial score (nSPS) is 13.7. The maximum atomic E-state index is 14.0. The Morgan fingerprint density at radius 1 is 0.608 bits per heavy atom. The van der Waals surface area contributed by atoms with Crippen molar-refractivity contribution in [1.29, 1.82) is 0 Å². The van der Waals surface area contributed by atoms with Gasteiger partial charge in [0.2, 0.25) is 0 Å². The van der Waals surface area contributed by atoms with Crippen LogP contribution >= 0.6 is 0 Å². The summed E-state index contributed by atoms with van der Waals surface area (Å²) >= 11 is 0. The number of aromatic nitrogens is 3. The number of benzene rings is 2. The molecule has 4 atom stereocenters. The van der Waals surface area contributed by atoms with Crippen LogP contribution in [0.25, 0.3) is 5.69 Å². The lowest BCUT2D eigenvalue weighted by Gasteiger charge is -2.34. The van der Waals surface area contributed by atoms with Crippen molar-refractivity contribution in [2.75, 3.05) is 44.7 Å². The van der Waals surface area contributed by atoms with Gasteiger partial charge in [-0.25, -0.2) is 38.2 Å². The SMILES string of the molecule is O=C(O)CCC(NC(=O)NC(CCCCNC(=O)c1cc(C(=O)N2CCN(C(=O)Nc3ccc(CC(NC(=O)NC(CCC(=O)O)C(=O)O)C(=O)O)cc3)CC2)cc(-n2cc(CCCF)nn2)c1)C(=O)O)C(=O)O. The van der Waals surface area contributed by atoms with Crippen molar-refractivity contribution < 1.29 is 87.8 Å². The highest BCUT2D eigenvalue weighted by Crippen LogP contribution is 2.19. The second-order valence-electron chi connectivity index (χ2n) is 16.7. The summed E-state index contributed by atoms with van der Waals surface area (Å²) in [5.74, 6) is -9.56. The van der Waals surface area contributed by atoms with E-state index in [0.29, 0.717) is 16.9 Å². The van der Waals surface area contributed by atoms with Crippen LogP contribution in [0.1, 0.15) is 83.3 Å². The van der Waals surface area contributed by atoms with E-state index in [0.717, 1.165) is 0 Å². The summed E-state index contributed by atoms with van der Waals surface area (Å²) in [6.45, 7) is -0.221. The minimum Gasteiger partial charge on any atom is -0.481 e. The van der Waals surface area contributed by atoms with Crippen LogP contribution < -0.4 is 31.9 Å². The molecule has 1 aromatic heterocycles. The number of carbonyl (C=O) groups is 11. The predicted molar refractivity (Wildman–Crippen MR) is 251 cm³/mol. The molecule has 1 saturated heterocycles. The number of anilines is 1. The van der Waals surface area contributed by atoms with Crippen LogP contribution in [0.2, 0.25) is 0 Å². The van der Waals surface area contributed by atoms with Gasteiger partial charge in [-0.15, -0.1) is 5.10 Å². The monoisotopic (exact) mass is 1040 g/mol. The van der Waals surface area contributed by atoms with E-state index in [1.54, 1.807) is 0 Å². The van der Waals surface area contributed by atoms with Gasteiger partial charge in [-0.05, 0) is 80.8 Å². The van der Waals surface area contributed by atoms with E-state index in [1.165, 1.54) is 63.1 Å². The smallest absolute Gasteiger partial charge is 0.326 e. The molecule has 0 radical (unpaired) electrons. The Labute approximate surface area is 419 Å². The molecule has 1 aliphatic heterocycles. The first-order valence-corrected chi connectivity index (χ1v) is 23.0. The maximum absolute atomic E-state index is 14.0. The molecule has 12 N–H and O–H groups in total. The lowest BCUT2D eigenvalue weighted by molar-refractivity contribution is -0.142. The van der Waals surface area contributed by atoms with Crippen molar-refractivity contribution in [1.82, 2.24) is 51.4 Å². The van der Waals surface area contributed by atoms with Crippen molar-refractivity contribution in [3.63, 3.8) is 0 Å². The molecule has 1 fully saturated rings. The topological polar surface area (TPSA) is 419 Å². The largest absolute Gasteiger partial charge is 0.481 e. The first kappa shape index (κ1) is 57.7. The van der Waals surface area contributed by atoms with Gasteiger partial charge in [0.1, 0.15) is 24.2 Å². The van der Waals surface area contributed by atoms with Crippen molar-refractivity contribution in [3.8, 4) is 5.69 Å². The molecule has 8 amide bonds. The number of hydrogen-bond acceptors (Lipinski definition) is 13. The van der Waals surface area contributed by atoms with Crippen molar-refractivity contribution in [3.05, 3.63) is 71.0 Å². The molecule has 4 unspecified atom stereocenters. The van der Waals surface area contributed by atoms with Crippen molar-refractivity contribution in [2.45, 2.75) is 88.4 Å². The molecule has 1 aliphatic rings. The highest BCUT2D eigenvalue weighted by Gasteiger charge is 2.29. The zero-order valence-corrected chi connectivity index (χ0v) is 39.5. The summed E-state index contributed by atoms with van der Waals surface area (Å²) < 4.78 is 14.2. The minimum absolute atomic E-state index is 0.0204. The molecule has 4 rings (SSSR count). The van der Waals surface area contributed by atoms with Crippen LogP contribution in [-0.4, -0.2) is 185 Å². The number of urea groups is 3. The number of rotatable bonds is 28. The standard InChI is InChI=1S/C45H56FN11O17/c46-14-3-4-29-24-57(54-53-29)30-22-26(37(62)47-15-2-1-5-31(39(64)65)49-43(72)50-32(40(66)67)10-12-35(58)59)21-27(23-30)38(63)55-16-18-56(19-17-55)45(74)48-28-8-6-25(7-9-28)20-34(42(70)71)52-44(73)51-33(41(68)69)11-13-36(60)61/h6-9,21-24,31-34H,1-5,10-20H2,(H,47,62)(H,48,74)(H,58,59)(H,60,61)(H,64,65)(H,66,67)(H,68,69)(H,70,71)(H2,49,50,72)(H2,51,52,73). The van der Waals surface area contributed by atoms with Crippen molar-refractivity contribution in [2.24, 2.45) is 0 Å². The molecule has 3 aromatic rings. The fraction of sp³-hybridized carbons (Fsp3) is 0.444. The quantitative estimate of drug-likeness (QED) is 0.0446. The van der Waals surface area contributed by atoms with Crippen LogP contribution in [0.3, 0.4) is 0 Å². The fourth-order valence-electron chi connectivity index (χ4n) is 7.24.